The highest BCUT2D eigenvalue weighted by Gasteiger charge is 2.21. The van der Waals surface area contributed by atoms with Gasteiger partial charge >= 0.3 is 0 Å². The molecule has 0 aromatic heterocycles. The molecule has 0 saturated heterocycles. The summed E-state index contributed by atoms with van der Waals surface area (Å²) in [4.78, 5) is 14.7. The third-order valence-corrected chi connectivity index (χ3v) is 4.53. The van der Waals surface area contributed by atoms with E-state index in [0.717, 1.165) is 18.5 Å². The van der Waals surface area contributed by atoms with Crippen molar-refractivity contribution in [3.05, 3.63) is 64.1 Å². The second-order valence-corrected chi connectivity index (χ2v) is 7.24. The predicted molar refractivity (Wildman–Crippen MR) is 107 cm³/mol. The molecule has 0 saturated carbocycles. The van der Waals surface area contributed by atoms with Crippen LogP contribution in [0.15, 0.2) is 48.5 Å². The lowest BCUT2D eigenvalue weighted by Gasteiger charge is -2.23. The largest absolute Gasteiger partial charge is 0.479 e. The number of halogens is 2. The van der Waals surface area contributed by atoms with E-state index in [1.807, 2.05) is 50.5 Å². The van der Waals surface area contributed by atoms with Gasteiger partial charge in [0, 0.05) is 5.02 Å². The number of para-hydroxylation sites is 1. The van der Waals surface area contributed by atoms with E-state index in [-0.39, 0.29) is 11.9 Å². The highest BCUT2D eigenvalue weighted by molar-refractivity contribution is 6.32. The van der Waals surface area contributed by atoms with Crippen LogP contribution in [0.4, 0.5) is 0 Å². The van der Waals surface area contributed by atoms with Gasteiger partial charge in [-0.1, -0.05) is 47.5 Å². The molecule has 0 aliphatic heterocycles. The number of nitrogens with zero attached hydrogens (tertiary/aromatic N) is 1. The first-order chi connectivity index (χ1) is 12.4. The van der Waals surface area contributed by atoms with Crippen LogP contribution in [0.1, 0.15) is 24.9 Å². The van der Waals surface area contributed by atoms with Crippen molar-refractivity contribution in [1.29, 1.82) is 0 Å². The Balaban J connectivity index is 2.06. The quantitative estimate of drug-likeness (QED) is 0.712. The third-order valence-electron chi connectivity index (χ3n) is 3.96. The fourth-order valence-corrected chi connectivity index (χ4v) is 2.78. The van der Waals surface area contributed by atoms with E-state index < -0.39 is 6.10 Å². The number of ether oxygens (including phenoxy) is 1. The SMILES string of the molecule is CC(Oc1ccccc1Cl)C(=O)NC(CCN(C)C)c1ccc(Cl)cc1. The Morgan fingerprint density at radius 2 is 1.77 bits per heavy atom. The van der Waals surface area contributed by atoms with E-state index in [9.17, 15) is 4.79 Å². The summed E-state index contributed by atoms with van der Waals surface area (Å²) in [6.07, 6.45) is 0.114. The minimum absolute atomic E-state index is 0.125. The molecule has 0 spiro atoms. The summed E-state index contributed by atoms with van der Waals surface area (Å²) in [5.74, 6) is 0.303. The molecule has 0 aliphatic carbocycles. The first-order valence-electron chi connectivity index (χ1n) is 8.48. The van der Waals surface area contributed by atoms with Crippen molar-refractivity contribution in [1.82, 2.24) is 10.2 Å². The van der Waals surface area contributed by atoms with Crippen LogP contribution in [0.5, 0.6) is 5.75 Å². The normalized spacial score (nSPS) is 13.3. The van der Waals surface area contributed by atoms with Gasteiger partial charge in [-0.2, -0.15) is 0 Å². The van der Waals surface area contributed by atoms with Crippen molar-refractivity contribution < 1.29 is 9.53 Å². The zero-order valence-electron chi connectivity index (χ0n) is 15.2. The summed E-state index contributed by atoms with van der Waals surface area (Å²) in [6.45, 7) is 2.55. The predicted octanol–water partition coefficient (Wildman–Crippen LogP) is 4.57. The highest BCUT2D eigenvalue weighted by atomic mass is 35.5. The minimum atomic E-state index is -0.663. The topological polar surface area (TPSA) is 41.6 Å². The molecule has 0 bridgehead atoms. The zero-order valence-corrected chi connectivity index (χ0v) is 16.7. The minimum Gasteiger partial charge on any atom is -0.479 e. The first kappa shape index (κ1) is 20.6. The fraction of sp³-hybridized carbons (Fsp3) is 0.350. The molecule has 6 heteroatoms. The number of hydrogen-bond acceptors (Lipinski definition) is 3. The summed E-state index contributed by atoms with van der Waals surface area (Å²) < 4.78 is 5.71. The van der Waals surface area contributed by atoms with Crippen LogP contribution in [0.25, 0.3) is 0 Å². The lowest BCUT2D eigenvalue weighted by atomic mass is 10.0. The lowest BCUT2D eigenvalue weighted by molar-refractivity contribution is -0.128. The van der Waals surface area contributed by atoms with Gasteiger partial charge < -0.3 is 15.0 Å². The Hall–Kier alpha value is -1.75. The summed E-state index contributed by atoms with van der Waals surface area (Å²) in [7, 11) is 4.01. The maximum Gasteiger partial charge on any atom is 0.261 e. The van der Waals surface area contributed by atoms with Gasteiger partial charge in [-0.25, -0.2) is 0 Å². The van der Waals surface area contributed by atoms with E-state index in [2.05, 4.69) is 10.2 Å². The van der Waals surface area contributed by atoms with Crippen molar-refractivity contribution >= 4 is 29.1 Å². The Labute approximate surface area is 165 Å². The molecule has 0 fully saturated rings. The molecule has 0 radical (unpaired) electrons. The van der Waals surface area contributed by atoms with Gasteiger partial charge in [0.2, 0.25) is 0 Å². The van der Waals surface area contributed by atoms with Crippen molar-refractivity contribution in [2.45, 2.75) is 25.5 Å². The van der Waals surface area contributed by atoms with Gasteiger partial charge in [0.05, 0.1) is 11.1 Å². The standard InChI is InChI=1S/C20H24Cl2N2O2/c1-14(26-19-7-5-4-6-17(19)22)20(25)23-18(12-13-24(2)3)15-8-10-16(21)11-9-15/h4-11,14,18H,12-13H2,1-3H3,(H,23,25). The number of rotatable bonds is 8. The number of nitrogens with one attached hydrogen (secondary N) is 1. The maximum absolute atomic E-state index is 12.6. The van der Waals surface area contributed by atoms with E-state index in [4.69, 9.17) is 27.9 Å². The molecule has 0 aliphatic rings. The molecule has 2 rings (SSSR count). The zero-order chi connectivity index (χ0) is 19.1. The van der Waals surface area contributed by atoms with Crippen molar-refractivity contribution in [3.8, 4) is 5.75 Å². The molecular formula is C20H24Cl2N2O2. The first-order valence-corrected chi connectivity index (χ1v) is 9.24. The van der Waals surface area contributed by atoms with E-state index in [1.165, 1.54) is 0 Å². The van der Waals surface area contributed by atoms with E-state index in [1.54, 1.807) is 19.1 Å². The van der Waals surface area contributed by atoms with E-state index >= 15 is 0 Å². The molecule has 2 aromatic rings. The number of amides is 1. The Morgan fingerprint density at radius 3 is 2.38 bits per heavy atom. The van der Waals surface area contributed by atoms with Gasteiger partial charge in [0.25, 0.3) is 5.91 Å². The molecule has 26 heavy (non-hydrogen) atoms. The smallest absolute Gasteiger partial charge is 0.261 e. The van der Waals surface area contributed by atoms with Crippen LogP contribution >= 0.6 is 23.2 Å². The van der Waals surface area contributed by atoms with Crippen molar-refractivity contribution in [3.63, 3.8) is 0 Å². The highest BCUT2D eigenvalue weighted by Crippen LogP contribution is 2.25. The molecule has 1 N–H and O–H groups in total. The van der Waals surface area contributed by atoms with Gasteiger partial charge in [-0.15, -0.1) is 0 Å². The van der Waals surface area contributed by atoms with Crippen LogP contribution in [0.3, 0.4) is 0 Å². The number of carbonyl (C=O) groups excluding carboxylic acids is 1. The summed E-state index contributed by atoms with van der Waals surface area (Å²) >= 11 is 12.1. The van der Waals surface area contributed by atoms with Crippen molar-refractivity contribution in [2.24, 2.45) is 0 Å². The number of hydrogen-bond donors (Lipinski definition) is 1. The average molecular weight is 395 g/mol. The third kappa shape index (κ3) is 6.20. The van der Waals surface area contributed by atoms with Crippen molar-refractivity contribution in [2.75, 3.05) is 20.6 Å². The second kappa shape index (κ2) is 9.81. The molecule has 140 valence electrons. The lowest BCUT2D eigenvalue weighted by Crippen LogP contribution is -2.39. The van der Waals surface area contributed by atoms with Crippen LogP contribution in [0, 0.1) is 0 Å². The monoisotopic (exact) mass is 394 g/mol. The van der Waals surface area contributed by atoms with Crippen LogP contribution in [-0.2, 0) is 4.79 Å². The Morgan fingerprint density at radius 1 is 1.12 bits per heavy atom. The fourth-order valence-electron chi connectivity index (χ4n) is 2.48. The molecule has 0 heterocycles. The van der Waals surface area contributed by atoms with Crippen LogP contribution < -0.4 is 10.1 Å². The Bertz CT molecular complexity index is 720. The number of carbonyl (C=O) groups is 1. The molecule has 2 unspecified atom stereocenters. The van der Waals surface area contributed by atoms with E-state index in [0.29, 0.717) is 15.8 Å². The van der Waals surface area contributed by atoms with Crippen LogP contribution in [-0.4, -0.2) is 37.6 Å². The summed E-state index contributed by atoms with van der Waals surface area (Å²) in [6, 6.07) is 14.5. The molecule has 2 atom stereocenters. The summed E-state index contributed by atoms with van der Waals surface area (Å²) in [5, 5.41) is 4.22. The average Bonchev–Trinajstić information content (AvgIpc) is 2.61. The van der Waals surface area contributed by atoms with Crippen LogP contribution in [0.2, 0.25) is 10.0 Å². The molecular weight excluding hydrogens is 371 g/mol. The second-order valence-electron chi connectivity index (χ2n) is 6.40. The van der Waals surface area contributed by atoms with Gasteiger partial charge in [0.1, 0.15) is 5.75 Å². The summed E-state index contributed by atoms with van der Waals surface area (Å²) in [5.41, 5.74) is 1.01. The molecule has 4 nitrogen and oxygen atoms in total. The maximum atomic E-state index is 12.6. The van der Waals surface area contributed by atoms with Gasteiger partial charge in [-0.05, 0) is 63.8 Å². The number of benzene rings is 2. The van der Waals surface area contributed by atoms with Gasteiger partial charge in [-0.3, -0.25) is 4.79 Å². The molecule has 2 aromatic carbocycles. The van der Waals surface area contributed by atoms with Gasteiger partial charge in [0.15, 0.2) is 6.10 Å². The Kier molecular flexibility index (Phi) is 7.76. The molecule has 1 amide bonds.